The third-order valence-electron chi connectivity index (χ3n) is 5.35. The van der Waals surface area contributed by atoms with E-state index in [1.54, 1.807) is 36.4 Å². The fraction of sp³-hybridized carbons (Fsp3) is 0.214. The van der Waals surface area contributed by atoms with Crippen LogP contribution in [0.25, 0.3) is 11.0 Å². The molecule has 0 unspecified atom stereocenters. The van der Waals surface area contributed by atoms with Crippen molar-refractivity contribution < 1.29 is 23.4 Å². The smallest absolute Gasteiger partial charge is 0.336 e. The number of anilines is 1. The van der Waals surface area contributed by atoms with Crippen LogP contribution in [0.15, 0.2) is 75.9 Å². The molecule has 1 N–H and O–H groups in total. The number of hydrogen-bond donors (Lipinski definition) is 1. The molecule has 0 saturated heterocycles. The zero-order valence-electron chi connectivity index (χ0n) is 19.9. The molecule has 1 heterocycles. The quantitative estimate of drug-likeness (QED) is 0.313. The van der Waals surface area contributed by atoms with Crippen molar-refractivity contribution >= 4 is 22.6 Å². The van der Waals surface area contributed by atoms with Crippen LogP contribution < -0.4 is 25.2 Å². The summed E-state index contributed by atoms with van der Waals surface area (Å²) >= 11 is 0. The summed E-state index contributed by atoms with van der Waals surface area (Å²) in [5.74, 6) is 1.58. The van der Waals surface area contributed by atoms with Crippen molar-refractivity contribution in [1.82, 2.24) is 0 Å². The lowest BCUT2D eigenvalue weighted by Gasteiger charge is -2.13. The first-order chi connectivity index (χ1) is 17.0. The monoisotopic (exact) mass is 473 g/mol. The molecule has 1 aromatic heterocycles. The molecule has 7 nitrogen and oxygen atoms in total. The Labute approximate surface area is 203 Å². The standard InChI is InChI=1S/C28H27NO6/c1-4-32-24-13-10-21(15-26(24)33-5-2)29-28(31)20-8-6-19(7-9-20)17-34-22-11-12-23-18(3)14-27(30)35-25(23)16-22/h6-16H,4-5,17H2,1-3H3,(H,29,31). The molecule has 1 amide bonds. The first-order valence-corrected chi connectivity index (χ1v) is 11.4. The Hall–Kier alpha value is -4.26. The van der Waals surface area contributed by atoms with Gasteiger partial charge in [0.05, 0.1) is 13.2 Å². The summed E-state index contributed by atoms with van der Waals surface area (Å²) < 4.78 is 22.3. The predicted molar refractivity (Wildman–Crippen MR) is 135 cm³/mol. The van der Waals surface area contributed by atoms with Gasteiger partial charge in [0.1, 0.15) is 17.9 Å². The number of rotatable bonds is 9. The summed E-state index contributed by atoms with van der Waals surface area (Å²) in [6.45, 7) is 6.99. The predicted octanol–water partition coefficient (Wildman–Crippen LogP) is 5.73. The third kappa shape index (κ3) is 5.81. The van der Waals surface area contributed by atoms with Gasteiger partial charge in [-0.2, -0.15) is 0 Å². The molecule has 0 saturated carbocycles. The van der Waals surface area contributed by atoms with E-state index < -0.39 is 0 Å². The van der Waals surface area contributed by atoms with E-state index in [4.69, 9.17) is 18.6 Å². The Morgan fingerprint density at radius 2 is 1.60 bits per heavy atom. The van der Waals surface area contributed by atoms with Crippen molar-refractivity contribution in [3.05, 3.63) is 93.8 Å². The average Bonchev–Trinajstić information content (AvgIpc) is 2.84. The van der Waals surface area contributed by atoms with Gasteiger partial charge in [-0.3, -0.25) is 4.79 Å². The lowest BCUT2D eigenvalue weighted by molar-refractivity contribution is 0.102. The number of aryl methyl sites for hydroxylation is 1. The van der Waals surface area contributed by atoms with Crippen molar-refractivity contribution in [2.24, 2.45) is 0 Å². The number of carbonyl (C=O) groups excluding carboxylic acids is 1. The summed E-state index contributed by atoms with van der Waals surface area (Å²) in [4.78, 5) is 24.3. The van der Waals surface area contributed by atoms with Gasteiger partial charge < -0.3 is 23.9 Å². The highest BCUT2D eigenvalue weighted by Gasteiger charge is 2.11. The van der Waals surface area contributed by atoms with E-state index in [1.165, 1.54) is 6.07 Å². The molecule has 0 aliphatic heterocycles. The van der Waals surface area contributed by atoms with Gasteiger partial charge in [-0.1, -0.05) is 12.1 Å². The molecule has 0 bridgehead atoms. The van der Waals surface area contributed by atoms with Crippen LogP contribution in [0, 0.1) is 6.92 Å². The summed E-state index contributed by atoms with van der Waals surface area (Å²) in [7, 11) is 0. The second kappa shape index (κ2) is 10.8. The van der Waals surface area contributed by atoms with Gasteiger partial charge in [0.2, 0.25) is 0 Å². The van der Waals surface area contributed by atoms with Crippen LogP contribution in [-0.2, 0) is 6.61 Å². The molecule has 180 valence electrons. The molecule has 0 fully saturated rings. The topological polar surface area (TPSA) is 87.0 Å². The van der Waals surface area contributed by atoms with E-state index in [-0.39, 0.29) is 11.5 Å². The lowest BCUT2D eigenvalue weighted by Crippen LogP contribution is -2.12. The molecule has 3 aromatic carbocycles. The fourth-order valence-corrected chi connectivity index (χ4v) is 3.65. The highest BCUT2D eigenvalue weighted by molar-refractivity contribution is 6.04. The Kier molecular flexibility index (Phi) is 7.35. The second-order valence-corrected chi connectivity index (χ2v) is 7.87. The molecule has 0 radical (unpaired) electrons. The lowest BCUT2D eigenvalue weighted by atomic mass is 10.1. The Morgan fingerprint density at radius 1 is 0.857 bits per heavy atom. The normalized spacial score (nSPS) is 10.7. The van der Waals surface area contributed by atoms with Crippen LogP contribution in [0.1, 0.15) is 35.3 Å². The zero-order chi connectivity index (χ0) is 24.8. The average molecular weight is 474 g/mol. The molecule has 0 aliphatic rings. The van der Waals surface area contributed by atoms with Crippen LogP contribution in [-0.4, -0.2) is 19.1 Å². The number of fused-ring (bicyclic) bond motifs is 1. The maximum Gasteiger partial charge on any atom is 0.336 e. The fourth-order valence-electron chi connectivity index (χ4n) is 3.65. The Bertz CT molecular complexity index is 1390. The maximum atomic E-state index is 12.7. The number of nitrogens with one attached hydrogen (secondary N) is 1. The molecule has 4 rings (SSSR count). The first-order valence-electron chi connectivity index (χ1n) is 11.4. The van der Waals surface area contributed by atoms with Crippen LogP contribution in [0.2, 0.25) is 0 Å². The van der Waals surface area contributed by atoms with E-state index in [0.717, 1.165) is 16.5 Å². The summed E-state index contributed by atoms with van der Waals surface area (Å²) in [6.07, 6.45) is 0. The number of carbonyl (C=O) groups is 1. The SMILES string of the molecule is CCOc1ccc(NC(=O)c2ccc(COc3ccc4c(C)cc(=O)oc4c3)cc2)cc1OCC. The van der Waals surface area contributed by atoms with Crippen molar-refractivity contribution in [3.8, 4) is 17.2 Å². The highest BCUT2D eigenvalue weighted by Crippen LogP contribution is 2.31. The maximum absolute atomic E-state index is 12.7. The Balaban J connectivity index is 1.40. The van der Waals surface area contributed by atoms with Gasteiger partial charge >= 0.3 is 5.63 Å². The first kappa shape index (κ1) is 23.9. The van der Waals surface area contributed by atoms with E-state index in [2.05, 4.69) is 5.32 Å². The number of amides is 1. The molecule has 0 spiro atoms. The minimum atomic E-state index is -0.389. The third-order valence-corrected chi connectivity index (χ3v) is 5.35. The van der Waals surface area contributed by atoms with Crippen LogP contribution in [0.4, 0.5) is 5.69 Å². The summed E-state index contributed by atoms with van der Waals surface area (Å²) in [5, 5.41) is 3.76. The van der Waals surface area contributed by atoms with Gasteiger partial charge in [-0.25, -0.2) is 4.79 Å². The highest BCUT2D eigenvalue weighted by atomic mass is 16.5. The second-order valence-electron chi connectivity index (χ2n) is 7.87. The molecule has 0 atom stereocenters. The summed E-state index contributed by atoms with van der Waals surface area (Å²) in [5.41, 5.74) is 2.99. The molecule has 35 heavy (non-hydrogen) atoms. The van der Waals surface area contributed by atoms with Gasteiger partial charge in [0.15, 0.2) is 11.5 Å². The van der Waals surface area contributed by atoms with E-state index >= 15 is 0 Å². The van der Waals surface area contributed by atoms with E-state index in [1.807, 2.05) is 45.0 Å². The van der Waals surface area contributed by atoms with Gasteiger partial charge in [0.25, 0.3) is 5.91 Å². The van der Waals surface area contributed by atoms with Crippen LogP contribution >= 0.6 is 0 Å². The molecule has 0 aliphatic carbocycles. The van der Waals surface area contributed by atoms with E-state index in [9.17, 15) is 9.59 Å². The molecule has 7 heteroatoms. The number of ether oxygens (including phenoxy) is 3. The van der Waals surface area contributed by atoms with Crippen molar-refractivity contribution in [3.63, 3.8) is 0 Å². The van der Waals surface area contributed by atoms with Gasteiger partial charge in [-0.15, -0.1) is 0 Å². The van der Waals surface area contributed by atoms with Crippen molar-refractivity contribution in [2.75, 3.05) is 18.5 Å². The van der Waals surface area contributed by atoms with Crippen molar-refractivity contribution in [1.29, 1.82) is 0 Å². The van der Waals surface area contributed by atoms with E-state index in [0.29, 0.717) is 53.9 Å². The summed E-state index contributed by atoms with van der Waals surface area (Å²) in [6, 6.07) is 19.4. The minimum Gasteiger partial charge on any atom is -0.490 e. The zero-order valence-corrected chi connectivity index (χ0v) is 19.9. The Morgan fingerprint density at radius 3 is 2.34 bits per heavy atom. The molecular formula is C28H27NO6. The van der Waals surface area contributed by atoms with Crippen LogP contribution in [0.5, 0.6) is 17.2 Å². The van der Waals surface area contributed by atoms with Crippen molar-refractivity contribution in [2.45, 2.75) is 27.4 Å². The largest absolute Gasteiger partial charge is 0.490 e. The molecule has 4 aromatic rings. The van der Waals surface area contributed by atoms with Gasteiger partial charge in [0, 0.05) is 34.8 Å². The van der Waals surface area contributed by atoms with Crippen LogP contribution in [0.3, 0.4) is 0 Å². The minimum absolute atomic E-state index is 0.232. The number of hydrogen-bond acceptors (Lipinski definition) is 6. The molecular weight excluding hydrogens is 446 g/mol. The van der Waals surface area contributed by atoms with Gasteiger partial charge in [-0.05, 0) is 68.3 Å². The number of benzene rings is 3.